The molecule has 0 saturated heterocycles. The molecule has 3 aromatic rings. The number of carbonyl (C=O) groups excluding carboxylic acids is 1. The second-order valence-electron chi connectivity index (χ2n) is 7.49. The number of para-hydroxylation sites is 1. The largest absolute Gasteiger partial charge is 0.444 e. The maximum atomic E-state index is 12.1. The molecule has 2 N–H and O–H groups in total. The van der Waals surface area contributed by atoms with Crippen LogP contribution in [0.5, 0.6) is 0 Å². The summed E-state index contributed by atoms with van der Waals surface area (Å²) >= 11 is 3.57. The van der Waals surface area contributed by atoms with Gasteiger partial charge < -0.3 is 15.0 Å². The quantitative estimate of drug-likeness (QED) is 0.504. The predicted molar refractivity (Wildman–Crippen MR) is 117 cm³/mol. The van der Waals surface area contributed by atoms with E-state index in [0.717, 1.165) is 26.5 Å². The molecule has 1 unspecified atom stereocenters. The second-order valence-corrected chi connectivity index (χ2v) is 8.35. The summed E-state index contributed by atoms with van der Waals surface area (Å²) in [7, 11) is 0. The summed E-state index contributed by atoms with van der Waals surface area (Å²) in [5.74, 6) is 0. The van der Waals surface area contributed by atoms with E-state index in [1.807, 2.05) is 81.7 Å². The highest BCUT2D eigenvalue weighted by molar-refractivity contribution is 9.10. The lowest BCUT2D eigenvalue weighted by atomic mass is 10.1. The zero-order valence-electron chi connectivity index (χ0n) is 16.2. The van der Waals surface area contributed by atoms with Gasteiger partial charge in [-0.1, -0.05) is 42.5 Å². The van der Waals surface area contributed by atoms with E-state index < -0.39 is 11.7 Å². The van der Waals surface area contributed by atoms with E-state index in [4.69, 9.17) is 9.73 Å². The Bertz CT molecular complexity index is 974. The summed E-state index contributed by atoms with van der Waals surface area (Å²) in [6.07, 6.45) is 3.32. The molecular weight excluding hydrogens is 418 g/mol. The van der Waals surface area contributed by atoms with Crippen LogP contribution >= 0.6 is 15.9 Å². The van der Waals surface area contributed by atoms with Crippen molar-refractivity contribution in [1.82, 2.24) is 10.3 Å². The summed E-state index contributed by atoms with van der Waals surface area (Å²) in [5, 5.41) is 3.91. The van der Waals surface area contributed by atoms with E-state index in [2.05, 4.69) is 26.2 Å². The van der Waals surface area contributed by atoms with Crippen molar-refractivity contribution in [3.05, 3.63) is 70.3 Å². The van der Waals surface area contributed by atoms with Gasteiger partial charge in [0.25, 0.3) is 0 Å². The zero-order chi connectivity index (χ0) is 20.1. The standard InChI is InChI=1S/C22H24BrN3O2/c1-22(2,3)28-21(27)26-14-19(24-12-15-8-5-4-6-9-15)17-13-25-20-16(17)10-7-11-18(20)23/h4-13,19,25H,14H2,1-3H3,(H,26,27). The first-order valence-electron chi connectivity index (χ1n) is 9.14. The van der Waals surface area contributed by atoms with E-state index >= 15 is 0 Å². The number of aromatic nitrogens is 1. The summed E-state index contributed by atoms with van der Waals surface area (Å²) < 4.78 is 6.35. The molecule has 2 aromatic carbocycles. The average Bonchev–Trinajstić information content (AvgIpc) is 3.07. The Labute approximate surface area is 173 Å². The number of alkyl carbamates (subject to hydrolysis) is 1. The molecule has 3 rings (SSSR count). The van der Waals surface area contributed by atoms with Gasteiger partial charge in [0.2, 0.25) is 0 Å². The number of rotatable bonds is 5. The summed E-state index contributed by atoms with van der Waals surface area (Å²) in [4.78, 5) is 20.2. The SMILES string of the molecule is CC(C)(C)OC(=O)NCC(N=Cc1ccccc1)c1c[nH]c2c(Br)cccc12. The van der Waals surface area contributed by atoms with E-state index in [0.29, 0.717) is 6.54 Å². The van der Waals surface area contributed by atoms with Crippen molar-refractivity contribution in [2.75, 3.05) is 6.54 Å². The molecular formula is C22H24BrN3O2. The third-order valence-corrected chi connectivity index (χ3v) is 4.76. The van der Waals surface area contributed by atoms with Gasteiger partial charge in [0.05, 0.1) is 11.6 Å². The van der Waals surface area contributed by atoms with Gasteiger partial charge in [0.15, 0.2) is 0 Å². The van der Waals surface area contributed by atoms with Gasteiger partial charge in [-0.15, -0.1) is 0 Å². The third-order valence-electron chi connectivity index (χ3n) is 4.10. The van der Waals surface area contributed by atoms with E-state index in [1.54, 1.807) is 0 Å². The number of halogens is 1. The van der Waals surface area contributed by atoms with Crippen LogP contribution in [-0.4, -0.2) is 29.4 Å². The molecule has 1 atom stereocenters. The fourth-order valence-corrected chi connectivity index (χ4v) is 3.35. The first-order valence-corrected chi connectivity index (χ1v) is 9.93. The van der Waals surface area contributed by atoms with Crippen molar-refractivity contribution in [3.8, 4) is 0 Å². The van der Waals surface area contributed by atoms with Gasteiger partial charge in [0.1, 0.15) is 5.60 Å². The number of hydrogen-bond donors (Lipinski definition) is 2. The van der Waals surface area contributed by atoms with Crippen LogP contribution in [0.15, 0.2) is 64.2 Å². The van der Waals surface area contributed by atoms with Crippen LogP contribution in [-0.2, 0) is 4.74 Å². The van der Waals surface area contributed by atoms with Crippen molar-refractivity contribution in [2.45, 2.75) is 32.4 Å². The number of benzene rings is 2. The number of fused-ring (bicyclic) bond motifs is 1. The molecule has 0 radical (unpaired) electrons. The number of aromatic amines is 1. The van der Waals surface area contributed by atoms with Crippen molar-refractivity contribution < 1.29 is 9.53 Å². The minimum absolute atomic E-state index is 0.254. The number of aliphatic imine (C=N–C) groups is 1. The molecule has 28 heavy (non-hydrogen) atoms. The van der Waals surface area contributed by atoms with Crippen LogP contribution in [0.25, 0.3) is 10.9 Å². The molecule has 0 fully saturated rings. The molecule has 0 aliphatic carbocycles. The average molecular weight is 442 g/mol. The molecule has 146 valence electrons. The Kier molecular flexibility index (Phi) is 6.19. The van der Waals surface area contributed by atoms with E-state index in [1.165, 1.54) is 0 Å². The van der Waals surface area contributed by atoms with Gasteiger partial charge in [-0.25, -0.2) is 4.79 Å². The number of amides is 1. The normalized spacial score (nSPS) is 13.0. The van der Waals surface area contributed by atoms with Crippen molar-refractivity contribution >= 4 is 39.1 Å². The fraction of sp³-hybridized carbons (Fsp3) is 0.273. The summed E-state index contributed by atoms with van der Waals surface area (Å²) in [6, 6.07) is 15.7. The molecule has 1 aromatic heterocycles. The number of H-pyrrole nitrogens is 1. The van der Waals surface area contributed by atoms with Crippen LogP contribution in [0.1, 0.15) is 37.9 Å². The molecule has 5 nitrogen and oxygen atoms in total. The highest BCUT2D eigenvalue weighted by Gasteiger charge is 2.20. The first kappa shape index (κ1) is 20.1. The second kappa shape index (κ2) is 8.61. The van der Waals surface area contributed by atoms with Crippen LogP contribution in [0.2, 0.25) is 0 Å². The lowest BCUT2D eigenvalue weighted by Gasteiger charge is -2.21. The maximum absolute atomic E-state index is 12.1. The Morgan fingerprint density at radius 2 is 1.96 bits per heavy atom. The van der Waals surface area contributed by atoms with Gasteiger partial charge in [0, 0.05) is 34.4 Å². The Balaban J connectivity index is 1.86. The maximum Gasteiger partial charge on any atom is 0.407 e. The number of ether oxygens (including phenoxy) is 1. The third kappa shape index (κ3) is 5.23. The number of nitrogens with one attached hydrogen (secondary N) is 2. The fourth-order valence-electron chi connectivity index (χ4n) is 2.87. The van der Waals surface area contributed by atoms with Crippen LogP contribution < -0.4 is 5.32 Å². The van der Waals surface area contributed by atoms with Gasteiger partial charge >= 0.3 is 6.09 Å². The van der Waals surface area contributed by atoms with Crippen LogP contribution in [0.4, 0.5) is 4.79 Å². The molecule has 0 spiro atoms. The first-order chi connectivity index (χ1) is 13.3. The minimum Gasteiger partial charge on any atom is -0.444 e. The summed E-state index contributed by atoms with van der Waals surface area (Å²) in [6.45, 7) is 5.86. The number of hydrogen-bond acceptors (Lipinski definition) is 3. The predicted octanol–water partition coefficient (Wildman–Crippen LogP) is 5.62. The van der Waals surface area contributed by atoms with Crippen LogP contribution in [0, 0.1) is 0 Å². The van der Waals surface area contributed by atoms with Gasteiger partial charge in [-0.2, -0.15) is 0 Å². The molecule has 0 saturated carbocycles. The number of carbonyl (C=O) groups is 1. The molecule has 0 aliphatic heterocycles. The molecule has 0 aliphatic rings. The van der Waals surface area contributed by atoms with E-state index in [9.17, 15) is 4.79 Å². The van der Waals surface area contributed by atoms with Crippen molar-refractivity contribution in [3.63, 3.8) is 0 Å². The molecule has 6 heteroatoms. The lowest BCUT2D eigenvalue weighted by Crippen LogP contribution is -2.34. The lowest BCUT2D eigenvalue weighted by molar-refractivity contribution is 0.0525. The topological polar surface area (TPSA) is 66.5 Å². The van der Waals surface area contributed by atoms with E-state index in [-0.39, 0.29) is 6.04 Å². The van der Waals surface area contributed by atoms with Crippen LogP contribution in [0.3, 0.4) is 0 Å². The van der Waals surface area contributed by atoms with Gasteiger partial charge in [-0.05, 0) is 48.3 Å². The van der Waals surface area contributed by atoms with Crippen molar-refractivity contribution in [1.29, 1.82) is 0 Å². The Hall–Kier alpha value is -2.60. The highest BCUT2D eigenvalue weighted by Crippen LogP contribution is 2.30. The van der Waals surface area contributed by atoms with Gasteiger partial charge in [-0.3, -0.25) is 4.99 Å². The van der Waals surface area contributed by atoms with Crippen molar-refractivity contribution in [2.24, 2.45) is 4.99 Å². The molecule has 1 heterocycles. The highest BCUT2D eigenvalue weighted by atomic mass is 79.9. The molecule has 1 amide bonds. The minimum atomic E-state index is -0.543. The smallest absolute Gasteiger partial charge is 0.407 e. The monoisotopic (exact) mass is 441 g/mol. The summed E-state index contributed by atoms with van der Waals surface area (Å²) in [5.41, 5.74) is 2.48. The zero-order valence-corrected chi connectivity index (χ0v) is 17.8. The molecule has 0 bridgehead atoms. The Morgan fingerprint density at radius 1 is 1.21 bits per heavy atom. The Morgan fingerprint density at radius 3 is 2.68 bits per heavy atom. The number of nitrogens with zero attached hydrogens (tertiary/aromatic N) is 1.